The number of carbonyl (C=O) groups is 1. The number of carbonyl (C=O) groups excluding carboxylic acids is 1. The Labute approximate surface area is 147 Å². The van der Waals surface area contributed by atoms with Gasteiger partial charge in [0, 0.05) is 31.3 Å². The third kappa shape index (κ3) is 3.88. The van der Waals surface area contributed by atoms with E-state index in [0.717, 1.165) is 6.07 Å². The minimum Gasteiger partial charge on any atom is -0.441 e. The molecule has 0 aliphatic carbocycles. The SMILES string of the molecule is COC[C@@H]1C[C@H](c2c(NC(=O)c3ncco3)cccc2C(F)(F)F)CN1. The molecule has 2 atom stereocenters. The molecular formula is C17H18F3N3O3. The predicted molar refractivity (Wildman–Crippen MR) is 86.9 cm³/mol. The number of hydrogen-bond acceptors (Lipinski definition) is 5. The van der Waals surface area contributed by atoms with E-state index in [2.05, 4.69) is 15.6 Å². The fourth-order valence-electron chi connectivity index (χ4n) is 3.24. The summed E-state index contributed by atoms with van der Waals surface area (Å²) in [5, 5.41) is 5.65. The van der Waals surface area contributed by atoms with Crippen LogP contribution < -0.4 is 10.6 Å². The minimum atomic E-state index is -4.53. The highest BCUT2D eigenvalue weighted by Gasteiger charge is 2.39. The molecule has 2 aromatic rings. The molecule has 1 amide bonds. The van der Waals surface area contributed by atoms with Gasteiger partial charge in [-0.05, 0) is 24.1 Å². The Kier molecular flexibility index (Phi) is 5.28. The van der Waals surface area contributed by atoms with Crippen LogP contribution in [0.4, 0.5) is 18.9 Å². The maximum Gasteiger partial charge on any atom is 0.416 e. The zero-order chi connectivity index (χ0) is 18.7. The van der Waals surface area contributed by atoms with Crippen molar-refractivity contribution in [3.63, 3.8) is 0 Å². The van der Waals surface area contributed by atoms with Gasteiger partial charge in [0.1, 0.15) is 6.26 Å². The molecule has 1 aromatic heterocycles. The standard InChI is InChI=1S/C17H18F3N3O3/c1-25-9-11-7-10(8-22-11)14-12(17(18,19)20)3-2-4-13(14)23-15(24)16-21-5-6-26-16/h2-6,10-11,22H,7-9H2,1H3,(H,23,24)/t10-,11-/m0/s1. The van der Waals surface area contributed by atoms with E-state index >= 15 is 0 Å². The second kappa shape index (κ2) is 7.46. The number of nitrogens with zero attached hydrogens (tertiary/aromatic N) is 1. The highest BCUT2D eigenvalue weighted by molar-refractivity contribution is 6.01. The van der Waals surface area contributed by atoms with E-state index in [1.54, 1.807) is 7.11 Å². The molecule has 1 saturated heterocycles. The Morgan fingerprint density at radius 2 is 2.27 bits per heavy atom. The highest BCUT2D eigenvalue weighted by atomic mass is 19.4. The molecular weight excluding hydrogens is 351 g/mol. The first kappa shape index (κ1) is 18.4. The van der Waals surface area contributed by atoms with E-state index < -0.39 is 23.6 Å². The molecule has 2 N–H and O–H groups in total. The molecule has 1 aliphatic rings. The zero-order valence-electron chi connectivity index (χ0n) is 14.0. The first-order valence-electron chi connectivity index (χ1n) is 8.03. The Morgan fingerprint density at radius 3 is 2.92 bits per heavy atom. The quantitative estimate of drug-likeness (QED) is 0.847. The van der Waals surface area contributed by atoms with Gasteiger partial charge in [0.2, 0.25) is 0 Å². The first-order valence-corrected chi connectivity index (χ1v) is 8.03. The maximum absolute atomic E-state index is 13.5. The van der Waals surface area contributed by atoms with E-state index in [-0.39, 0.29) is 23.2 Å². The van der Waals surface area contributed by atoms with Gasteiger partial charge in [0.15, 0.2) is 0 Å². The van der Waals surface area contributed by atoms with Crippen LogP contribution in [0.3, 0.4) is 0 Å². The fraction of sp³-hybridized carbons (Fsp3) is 0.412. The van der Waals surface area contributed by atoms with Gasteiger partial charge in [-0.25, -0.2) is 4.98 Å². The highest BCUT2D eigenvalue weighted by Crippen LogP contribution is 2.41. The van der Waals surface area contributed by atoms with E-state index in [4.69, 9.17) is 9.15 Å². The lowest BCUT2D eigenvalue weighted by atomic mass is 9.90. The number of halogens is 3. The Balaban J connectivity index is 1.95. The Bertz CT molecular complexity index is 762. The van der Waals surface area contributed by atoms with Crippen LogP contribution in [-0.4, -0.2) is 37.2 Å². The second-order valence-corrected chi connectivity index (χ2v) is 6.05. The summed E-state index contributed by atoms with van der Waals surface area (Å²) in [6, 6.07) is 3.71. The third-order valence-electron chi connectivity index (χ3n) is 4.28. The van der Waals surface area contributed by atoms with Crippen molar-refractivity contribution in [3.8, 4) is 0 Å². The molecule has 9 heteroatoms. The van der Waals surface area contributed by atoms with Gasteiger partial charge in [0.05, 0.1) is 18.4 Å². The number of alkyl halides is 3. The molecule has 0 spiro atoms. The van der Waals surface area contributed by atoms with Crippen molar-refractivity contribution in [2.45, 2.75) is 24.6 Å². The summed E-state index contributed by atoms with van der Waals surface area (Å²) in [5.74, 6) is -1.32. The molecule has 0 radical (unpaired) electrons. The molecule has 0 bridgehead atoms. The van der Waals surface area contributed by atoms with Crippen LogP contribution in [0.1, 0.15) is 34.2 Å². The average molecular weight is 369 g/mol. The number of hydrogen-bond donors (Lipinski definition) is 2. The first-order chi connectivity index (χ1) is 12.4. The molecule has 1 fully saturated rings. The van der Waals surface area contributed by atoms with Crippen molar-refractivity contribution in [2.75, 3.05) is 25.6 Å². The number of rotatable bonds is 5. The monoisotopic (exact) mass is 369 g/mol. The topological polar surface area (TPSA) is 76.4 Å². The van der Waals surface area contributed by atoms with E-state index in [9.17, 15) is 18.0 Å². The summed E-state index contributed by atoms with van der Waals surface area (Å²) in [7, 11) is 1.54. The third-order valence-corrected chi connectivity index (χ3v) is 4.28. The fourth-order valence-corrected chi connectivity index (χ4v) is 3.24. The van der Waals surface area contributed by atoms with Gasteiger partial charge in [-0.2, -0.15) is 13.2 Å². The van der Waals surface area contributed by atoms with Crippen molar-refractivity contribution < 1.29 is 27.1 Å². The van der Waals surface area contributed by atoms with Gasteiger partial charge < -0.3 is 19.8 Å². The normalized spacial score (nSPS) is 20.3. The number of nitrogens with one attached hydrogen (secondary N) is 2. The molecule has 6 nitrogen and oxygen atoms in total. The lowest BCUT2D eigenvalue weighted by molar-refractivity contribution is -0.138. The number of oxazole rings is 1. The predicted octanol–water partition coefficient (Wildman–Crippen LogP) is 3.04. The van der Waals surface area contributed by atoms with Crippen molar-refractivity contribution in [3.05, 3.63) is 47.7 Å². The second-order valence-electron chi connectivity index (χ2n) is 6.05. The van der Waals surface area contributed by atoms with Gasteiger partial charge in [-0.3, -0.25) is 4.79 Å². The number of methoxy groups -OCH3 is 1. The van der Waals surface area contributed by atoms with E-state index in [1.807, 2.05) is 0 Å². The maximum atomic E-state index is 13.5. The largest absolute Gasteiger partial charge is 0.441 e. The van der Waals surface area contributed by atoms with Gasteiger partial charge >= 0.3 is 12.1 Å². The summed E-state index contributed by atoms with van der Waals surface area (Å²) >= 11 is 0. The average Bonchev–Trinajstić information content (AvgIpc) is 3.26. The summed E-state index contributed by atoms with van der Waals surface area (Å²) in [6.45, 7) is 0.770. The zero-order valence-corrected chi connectivity index (χ0v) is 14.0. The number of anilines is 1. The van der Waals surface area contributed by atoms with Crippen LogP contribution in [0, 0.1) is 0 Å². The molecule has 26 heavy (non-hydrogen) atoms. The minimum absolute atomic E-state index is 0.0402. The van der Waals surface area contributed by atoms with Crippen LogP contribution >= 0.6 is 0 Å². The van der Waals surface area contributed by atoms with Gasteiger partial charge in [-0.15, -0.1) is 0 Å². The number of amides is 1. The van der Waals surface area contributed by atoms with Crippen LogP contribution in [0.25, 0.3) is 0 Å². The lowest BCUT2D eigenvalue weighted by Crippen LogP contribution is -2.25. The van der Waals surface area contributed by atoms with Gasteiger partial charge in [0.25, 0.3) is 5.89 Å². The van der Waals surface area contributed by atoms with Crippen LogP contribution in [0.5, 0.6) is 0 Å². The molecule has 1 aromatic carbocycles. The van der Waals surface area contributed by atoms with E-state index in [0.29, 0.717) is 19.6 Å². The Hall–Kier alpha value is -2.39. The Morgan fingerprint density at radius 1 is 1.46 bits per heavy atom. The van der Waals surface area contributed by atoms with Crippen LogP contribution in [0.15, 0.2) is 35.1 Å². The van der Waals surface area contributed by atoms with Crippen molar-refractivity contribution in [1.82, 2.24) is 10.3 Å². The number of ether oxygens (including phenoxy) is 1. The van der Waals surface area contributed by atoms with E-state index in [1.165, 1.54) is 24.6 Å². The summed E-state index contributed by atoms with van der Waals surface area (Å²) in [5.41, 5.74) is -0.591. The number of aromatic nitrogens is 1. The molecule has 0 unspecified atom stereocenters. The van der Waals surface area contributed by atoms with Gasteiger partial charge in [-0.1, -0.05) is 6.07 Å². The molecule has 1 aliphatic heterocycles. The van der Waals surface area contributed by atoms with Crippen molar-refractivity contribution >= 4 is 11.6 Å². The smallest absolute Gasteiger partial charge is 0.416 e. The lowest BCUT2D eigenvalue weighted by Gasteiger charge is -2.21. The number of benzene rings is 1. The molecule has 2 heterocycles. The van der Waals surface area contributed by atoms with Crippen molar-refractivity contribution in [1.29, 1.82) is 0 Å². The molecule has 0 saturated carbocycles. The van der Waals surface area contributed by atoms with Crippen LogP contribution in [0.2, 0.25) is 0 Å². The summed E-state index contributed by atoms with van der Waals surface area (Å²) < 4.78 is 50.6. The summed E-state index contributed by atoms with van der Waals surface area (Å²) in [4.78, 5) is 15.9. The molecule has 3 rings (SSSR count). The molecule has 140 valence electrons. The summed E-state index contributed by atoms with van der Waals surface area (Å²) in [6.07, 6.45) is -1.54. The van der Waals surface area contributed by atoms with Crippen LogP contribution in [-0.2, 0) is 10.9 Å². The van der Waals surface area contributed by atoms with Crippen molar-refractivity contribution in [2.24, 2.45) is 0 Å².